The maximum atomic E-state index is 11.5. The maximum Gasteiger partial charge on any atom is 0.196 e. The molecule has 4 nitrogen and oxygen atoms in total. The number of Topliss-reactive ketones (excluding diaryl/α,β-unsaturated/α-hetero) is 1. The average molecular weight is 225 g/mol. The van der Waals surface area contributed by atoms with Crippen LogP contribution in [0.2, 0.25) is 0 Å². The quantitative estimate of drug-likeness (QED) is 0.815. The standard InChI is InChI=1S/C10H15N3OS/c1-13(2)4-3-9-12-10-7(14)5-11-6-8(10)15-9/h11H,3-6H2,1-2H3. The van der Waals surface area contributed by atoms with Crippen LogP contribution >= 0.6 is 11.3 Å². The minimum Gasteiger partial charge on any atom is -0.309 e. The van der Waals surface area contributed by atoms with Gasteiger partial charge in [-0.25, -0.2) is 4.98 Å². The Kier molecular flexibility index (Phi) is 3.14. The zero-order chi connectivity index (χ0) is 10.8. The molecule has 0 radical (unpaired) electrons. The molecule has 1 aliphatic rings. The summed E-state index contributed by atoms with van der Waals surface area (Å²) in [4.78, 5) is 19.1. The highest BCUT2D eigenvalue weighted by molar-refractivity contribution is 7.12. The van der Waals surface area contributed by atoms with Crippen LogP contribution in [0.25, 0.3) is 0 Å². The number of nitrogens with zero attached hydrogens (tertiary/aromatic N) is 2. The highest BCUT2D eigenvalue weighted by Gasteiger charge is 2.21. The first-order valence-corrected chi connectivity index (χ1v) is 5.85. The van der Waals surface area contributed by atoms with E-state index in [-0.39, 0.29) is 5.78 Å². The number of ketones is 1. The molecular formula is C10H15N3OS. The summed E-state index contributed by atoms with van der Waals surface area (Å²) in [6.45, 7) is 2.21. The van der Waals surface area contributed by atoms with Crippen molar-refractivity contribution in [2.45, 2.75) is 13.0 Å². The van der Waals surface area contributed by atoms with E-state index in [1.807, 2.05) is 14.1 Å². The minimum atomic E-state index is 0.128. The summed E-state index contributed by atoms with van der Waals surface area (Å²) in [7, 11) is 4.08. The average Bonchev–Trinajstić information content (AvgIpc) is 2.59. The highest BCUT2D eigenvalue weighted by Crippen LogP contribution is 2.21. The molecular weight excluding hydrogens is 210 g/mol. The van der Waals surface area contributed by atoms with Crippen molar-refractivity contribution < 1.29 is 4.79 Å². The summed E-state index contributed by atoms with van der Waals surface area (Å²) in [5.41, 5.74) is 0.701. The summed E-state index contributed by atoms with van der Waals surface area (Å²) in [6, 6.07) is 0. The third-order valence-corrected chi connectivity index (χ3v) is 3.46. The lowest BCUT2D eigenvalue weighted by Crippen LogP contribution is -2.28. The molecule has 0 saturated heterocycles. The van der Waals surface area contributed by atoms with E-state index in [1.165, 1.54) is 0 Å². The molecule has 1 N–H and O–H groups in total. The second-order valence-electron chi connectivity index (χ2n) is 3.96. The Morgan fingerprint density at radius 3 is 2.93 bits per heavy atom. The van der Waals surface area contributed by atoms with Gasteiger partial charge in [0.1, 0.15) is 5.69 Å². The normalized spacial score (nSPS) is 15.8. The monoisotopic (exact) mass is 225 g/mol. The van der Waals surface area contributed by atoms with Crippen molar-refractivity contribution in [1.29, 1.82) is 0 Å². The van der Waals surface area contributed by atoms with Crippen molar-refractivity contribution in [1.82, 2.24) is 15.2 Å². The van der Waals surface area contributed by atoms with Gasteiger partial charge in [0.25, 0.3) is 0 Å². The van der Waals surface area contributed by atoms with Crippen molar-refractivity contribution in [3.63, 3.8) is 0 Å². The Labute approximate surface area is 93.3 Å². The van der Waals surface area contributed by atoms with Crippen LogP contribution in [0.1, 0.15) is 20.4 Å². The van der Waals surface area contributed by atoms with Gasteiger partial charge in [0, 0.05) is 24.4 Å². The summed E-state index contributed by atoms with van der Waals surface area (Å²) in [6.07, 6.45) is 0.929. The van der Waals surface area contributed by atoms with Gasteiger partial charge >= 0.3 is 0 Å². The van der Waals surface area contributed by atoms with E-state index in [9.17, 15) is 4.79 Å². The van der Waals surface area contributed by atoms with Crippen LogP contribution < -0.4 is 5.32 Å². The zero-order valence-corrected chi connectivity index (χ0v) is 9.86. The fraction of sp³-hybridized carbons (Fsp3) is 0.600. The minimum absolute atomic E-state index is 0.128. The number of thiazole rings is 1. The number of carbonyl (C=O) groups excluding carboxylic acids is 1. The fourth-order valence-corrected chi connectivity index (χ4v) is 2.58. The summed E-state index contributed by atoms with van der Waals surface area (Å²) < 4.78 is 0. The van der Waals surface area contributed by atoms with E-state index in [0.29, 0.717) is 12.2 Å². The SMILES string of the molecule is CN(C)CCc1nc2c(s1)CNCC2=O. The van der Waals surface area contributed by atoms with Gasteiger partial charge in [-0.3, -0.25) is 4.79 Å². The number of hydrogen-bond acceptors (Lipinski definition) is 5. The predicted molar refractivity (Wildman–Crippen MR) is 60.4 cm³/mol. The molecule has 2 heterocycles. The lowest BCUT2D eigenvalue weighted by molar-refractivity contribution is 0.0978. The fourth-order valence-electron chi connectivity index (χ4n) is 1.54. The molecule has 0 fully saturated rings. The van der Waals surface area contributed by atoms with Crippen LogP contribution in [0.5, 0.6) is 0 Å². The van der Waals surface area contributed by atoms with Gasteiger partial charge in [-0.2, -0.15) is 0 Å². The number of nitrogens with one attached hydrogen (secondary N) is 1. The second kappa shape index (κ2) is 4.38. The van der Waals surface area contributed by atoms with E-state index in [0.717, 1.165) is 29.4 Å². The first kappa shape index (κ1) is 10.7. The molecule has 0 unspecified atom stereocenters. The molecule has 0 bridgehead atoms. The lowest BCUT2D eigenvalue weighted by atomic mass is 10.2. The van der Waals surface area contributed by atoms with Gasteiger partial charge in [0.05, 0.1) is 11.6 Å². The van der Waals surface area contributed by atoms with Crippen LogP contribution in [-0.2, 0) is 13.0 Å². The number of aromatic nitrogens is 1. The first-order valence-electron chi connectivity index (χ1n) is 5.04. The predicted octanol–water partition coefficient (Wildman–Crippen LogP) is 0.533. The van der Waals surface area contributed by atoms with E-state index in [4.69, 9.17) is 0 Å². The maximum absolute atomic E-state index is 11.5. The Hall–Kier alpha value is -0.780. The van der Waals surface area contributed by atoms with Crippen LogP contribution in [0.4, 0.5) is 0 Å². The molecule has 1 aromatic rings. The zero-order valence-electron chi connectivity index (χ0n) is 9.04. The van der Waals surface area contributed by atoms with Gasteiger partial charge in [0.15, 0.2) is 5.78 Å². The van der Waals surface area contributed by atoms with Gasteiger partial charge in [-0.1, -0.05) is 0 Å². The lowest BCUT2D eigenvalue weighted by Gasteiger charge is -2.08. The van der Waals surface area contributed by atoms with Gasteiger partial charge in [0.2, 0.25) is 0 Å². The molecule has 82 valence electrons. The van der Waals surface area contributed by atoms with E-state index >= 15 is 0 Å². The Bertz CT molecular complexity index is 373. The smallest absolute Gasteiger partial charge is 0.196 e. The first-order chi connectivity index (χ1) is 7.16. The number of carbonyl (C=O) groups is 1. The van der Waals surface area contributed by atoms with Crippen molar-refractivity contribution in [3.8, 4) is 0 Å². The molecule has 1 aromatic heterocycles. The van der Waals surface area contributed by atoms with Crippen molar-refractivity contribution in [2.24, 2.45) is 0 Å². The van der Waals surface area contributed by atoms with Gasteiger partial charge in [-0.15, -0.1) is 11.3 Å². The topological polar surface area (TPSA) is 45.2 Å². The van der Waals surface area contributed by atoms with E-state index in [1.54, 1.807) is 11.3 Å². The van der Waals surface area contributed by atoms with Crippen LogP contribution in [0, 0.1) is 0 Å². The molecule has 0 aliphatic carbocycles. The largest absolute Gasteiger partial charge is 0.309 e. The third-order valence-electron chi connectivity index (χ3n) is 2.35. The molecule has 0 aromatic carbocycles. The van der Waals surface area contributed by atoms with Crippen LogP contribution in [0.15, 0.2) is 0 Å². The molecule has 0 spiro atoms. The number of likely N-dealkylation sites (N-methyl/N-ethyl adjacent to an activating group) is 1. The van der Waals surface area contributed by atoms with E-state index < -0.39 is 0 Å². The second-order valence-corrected chi connectivity index (χ2v) is 5.13. The Balaban J connectivity index is 2.11. The van der Waals surface area contributed by atoms with Crippen molar-refractivity contribution >= 4 is 17.1 Å². The molecule has 2 rings (SSSR count). The third kappa shape index (κ3) is 2.42. The van der Waals surface area contributed by atoms with Gasteiger partial charge in [-0.05, 0) is 14.1 Å². The number of hydrogen-bond donors (Lipinski definition) is 1. The van der Waals surface area contributed by atoms with Gasteiger partial charge < -0.3 is 10.2 Å². The van der Waals surface area contributed by atoms with Crippen LogP contribution in [0.3, 0.4) is 0 Å². The van der Waals surface area contributed by atoms with E-state index in [2.05, 4.69) is 15.2 Å². The molecule has 0 saturated carbocycles. The highest BCUT2D eigenvalue weighted by atomic mass is 32.1. The molecule has 1 aliphatic heterocycles. The Morgan fingerprint density at radius 2 is 2.27 bits per heavy atom. The number of fused-ring (bicyclic) bond motifs is 1. The van der Waals surface area contributed by atoms with Crippen molar-refractivity contribution in [3.05, 3.63) is 15.6 Å². The van der Waals surface area contributed by atoms with Crippen molar-refractivity contribution in [2.75, 3.05) is 27.2 Å². The summed E-state index contributed by atoms with van der Waals surface area (Å²) in [5, 5.41) is 4.15. The molecule has 0 amide bonds. The summed E-state index contributed by atoms with van der Waals surface area (Å²) >= 11 is 1.66. The molecule has 15 heavy (non-hydrogen) atoms. The molecule has 5 heteroatoms. The summed E-state index contributed by atoms with van der Waals surface area (Å²) in [5.74, 6) is 0.128. The number of rotatable bonds is 3. The Morgan fingerprint density at radius 1 is 1.47 bits per heavy atom. The van der Waals surface area contributed by atoms with Crippen LogP contribution in [-0.4, -0.2) is 42.9 Å². The molecule has 0 atom stereocenters.